The van der Waals surface area contributed by atoms with Crippen molar-refractivity contribution in [3.05, 3.63) is 28.2 Å². The fourth-order valence-electron chi connectivity index (χ4n) is 2.60. The third-order valence-corrected chi connectivity index (χ3v) is 4.55. The maximum Gasteiger partial charge on any atom is 0.0397 e. The predicted molar refractivity (Wildman–Crippen MR) is 74.1 cm³/mol. The Balaban J connectivity index is 2.12. The van der Waals surface area contributed by atoms with Gasteiger partial charge in [0.05, 0.1) is 0 Å². The lowest BCUT2D eigenvalue weighted by molar-refractivity contribution is 0.194. The lowest BCUT2D eigenvalue weighted by atomic mass is 9.75. The van der Waals surface area contributed by atoms with Gasteiger partial charge in [-0.1, -0.05) is 29.8 Å². The third kappa shape index (κ3) is 2.00. The molecule has 1 aromatic rings. The van der Waals surface area contributed by atoms with E-state index in [-0.39, 0.29) is 0 Å². The van der Waals surface area contributed by atoms with E-state index in [0.29, 0.717) is 5.41 Å². The van der Waals surface area contributed by atoms with Crippen molar-refractivity contribution in [1.82, 2.24) is 0 Å². The minimum absolute atomic E-state index is 0.583. The summed E-state index contributed by atoms with van der Waals surface area (Å²) >= 11 is 3.52. The summed E-state index contributed by atoms with van der Waals surface area (Å²) in [5.41, 5.74) is 3.36. The van der Waals surface area contributed by atoms with Crippen LogP contribution in [0.15, 0.2) is 22.7 Å². The number of anilines is 1. The lowest BCUT2D eigenvalue weighted by Gasteiger charge is -2.51. The first-order valence-electron chi connectivity index (χ1n) is 6.11. The standard InChI is InChI=1S/C14H20BrN/c1-4-14(5-2)9-16(10-14)13-7-6-12(15)8-11(13)3/h6-8H,4-5,9-10H2,1-3H3. The summed E-state index contributed by atoms with van der Waals surface area (Å²) in [4.78, 5) is 2.51. The predicted octanol–water partition coefficient (Wildman–Crippen LogP) is 4.38. The van der Waals surface area contributed by atoms with Crippen molar-refractivity contribution in [1.29, 1.82) is 0 Å². The first kappa shape index (κ1) is 12.0. The second kappa shape index (κ2) is 4.40. The summed E-state index contributed by atoms with van der Waals surface area (Å²) in [5, 5.41) is 0. The molecule has 0 aromatic heterocycles. The minimum atomic E-state index is 0.583. The Bertz CT molecular complexity index is 374. The van der Waals surface area contributed by atoms with Crippen molar-refractivity contribution in [3.8, 4) is 0 Å². The van der Waals surface area contributed by atoms with Crippen LogP contribution in [0.25, 0.3) is 0 Å². The van der Waals surface area contributed by atoms with Crippen LogP contribution in [0.5, 0.6) is 0 Å². The Kier molecular flexibility index (Phi) is 3.29. The van der Waals surface area contributed by atoms with E-state index < -0.39 is 0 Å². The molecule has 1 fully saturated rings. The fraction of sp³-hybridized carbons (Fsp3) is 0.571. The second-order valence-corrected chi connectivity index (χ2v) is 5.91. The van der Waals surface area contributed by atoms with Gasteiger partial charge >= 0.3 is 0 Å². The zero-order valence-corrected chi connectivity index (χ0v) is 12.0. The van der Waals surface area contributed by atoms with Crippen LogP contribution in [0.3, 0.4) is 0 Å². The first-order valence-corrected chi connectivity index (χ1v) is 6.90. The van der Waals surface area contributed by atoms with Crippen LogP contribution in [-0.4, -0.2) is 13.1 Å². The molecule has 1 aliphatic heterocycles. The van der Waals surface area contributed by atoms with Crippen molar-refractivity contribution in [2.24, 2.45) is 5.41 Å². The molecular formula is C14H20BrN. The summed E-state index contributed by atoms with van der Waals surface area (Å²) in [7, 11) is 0. The highest BCUT2D eigenvalue weighted by Gasteiger charge is 2.40. The number of halogens is 1. The van der Waals surface area contributed by atoms with Gasteiger partial charge in [-0.05, 0) is 43.5 Å². The van der Waals surface area contributed by atoms with E-state index >= 15 is 0 Å². The molecule has 2 rings (SSSR count). The van der Waals surface area contributed by atoms with Gasteiger partial charge in [-0.3, -0.25) is 0 Å². The zero-order valence-electron chi connectivity index (χ0n) is 10.4. The molecule has 0 amide bonds. The van der Waals surface area contributed by atoms with Gasteiger partial charge in [-0.25, -0.2) is 0 Å². The monoisotopic (exact) mass is 281 g/mol. The Morgan fingerprint density at radius 2 is 1.88 bits per heavy atom. The average molecular weight is 282 g/mol. The molecule has 0 saturated carbocycles. The summed E-state index contributed by atoms with van der Waals surface area (Å²) in [6, 6.07) is 6.57. The molecule has 1 aromatic carbocycles. The fourth-order valence-corrected chi connectivity index (χ4v) is 3.08. The van der Waals surface area contributed by atoms with E-state index in [4.69, 9.17) is 0 Å². The molecule has 1 aliphatic rings. The van der Waals surface area contributed by atoms with Gasteiger partial charge < -0.3 is 4.90 Å². The molecule has 88 valence electrons. The number of benzene rings is 1. The Morgan fingerprint density at radius 1 is 1.25 bits per heavy atom. The van der Waals surface area contributed by atoms with E-state index in [1.54, 1.807) is 0 Å². The van der Waals surface area contributed by atoms with Crippen molar-refractivity contribution in [3.63, 3.8) is 0 Å². The Morgan fingerprint density at radius 3 is 2.38 bits per heavy atom. The van der Waals surface area contributed by atoms with Crippen LogP contribution in [0.2, 0.25) is 0 Å². The van der Waals surface area contributed by atoms with Crippen LogP contribution in [0.1, 0.15) is 32.3 Å². The molecule has 0 aliphatic carbocycles. The number of hydrogen-bond donors (Lipinski definition) is 0. The maximum absolute atomic E-state index is 3.52. The summed E-state index contributed by atoms with van der Waals surface area (Å²) in [6.07, 6.45) is 2.60. The van der Waals surface area contributed by atoms with Crippen LogP contribution in [0, 0.1) is 12.3 Å². The Labute approximate surface area is 107 Å². The van der Waals surface area contributed by atoms with Gasteiger partial charge in [-0.2, -0.15) is 0 Å². The number of nitrogens with zero attached hydrogens (tertiary/aromatic N) is 1. The van der Waals surface area contributed by atoms with Crippen LogP contribution in [-0.2, 0) is 0 Å². The van der Waals surface area contributed by atoms with E-state index in [1.165, 1.54) is 41.7 Å². The van der Waals surface area contributed by atoms with Gasteiger partial charge in [-0.15, -0.1) is 0 Å². The van der Waals surface area contributed by atoms with Gasteiger partial charge in [0.2, 0.25) is 0 Å². The minimum Gasteiger partial charge on any atom is -0.370 e. The highest BCUT2D eigenvalue weighted by atomic mass is 79.9. The first-order chi connectivity index (χ1) is 7.60. The molecule has 0 radical (unpaired) electrons. The number of rotatable bonds is 3. The maximum atomic E-state index is 3.52. The molecule has 0 spiro atoms. The molecule has 1 nitrogen and oxygen atoms in total. The number of hydrogen-bond acceptors (Lipinski definition) is 1. The molecular weight excluding hydrogens is 262 g/mol. The van der Waals surface area contributed by atoms with Gasteiger partial charge in [0, 0.05) is 28.7 Å². The quantitative estimate of drug-likeness (QED) is 0.795. The highest BCUT2D eigenvalue weighted by Crippen LogP contribution is 2.41. The Hall–Kier alpha value is -0.500. The van der Waals surface area contributed by atoms with Gasteiger partial charge in [0.15, 0.2) is 0 Å². The van der Waals surface area contributed by atoms with E-state index in [0.717, 1.165) is 0 Å². The summed E-state index contributed by atoms with van der Waals surface area (Å²) in [5.74, 6) is 0. The molecule has 1 saturated heterocycles. The SMILES string of the molecule is CCC1(CC)CN(c2ccc(Br)cc2C)C1. The molecule has 16 heavy (non-hydrogen) atoms. The van der Waals surface area contributed by atoms with Crippen molar-refractivity contribution >= 4 is 21.6 Å². The van der Waals surface area contributed by atoms with E-state index in [9.17, 15) is 0 Å². The van der Waals surface area contributed by atoms with Crippen molar-refractivity contribution in [2.75, 3.05) is 18.0 Å². The molecule has 2 heteroatoms. The second-order valence-electron chi connectivity index (χ2n) is 4.99. The van der Waals surface area contributed by atoms with E-state index in [2.05, 4.69) is 59.8 Å². The largest absolute Gasteiger partial charge is 0.370 e. The number of aryl methyl sites for hydroxylation is 1. The smallest absolute Gasteiger partial charge is 0.0397 e. The highest BCUT2D eigenvalue weighted by molar-refractivity contribution is 9.10. The van der Waals surface area contributed by atoms with Crippen LogP contribution >= 0.6 is 15.9 Å². The van der Waals surface area contributed by atoms with E-state index in [1.807, 2.05) is 0 Å². The zero-order chi connectivity index (χ0) is 11.8. The molecule has 1 heterocycles. The van der Waals surface area contributed by atoms with Gasteiger partial charge in [0.25, 0.3) is 0 Å². The molecule has 0 unspecified atom stereocenters. The van der Waals surface area contributed by atoms with Crippen molar-refractivity contribution in [2.45, 2.75) is 33.6 Å². The average Bonchev–Trinajstić information content (AvgIpc) is 2.20. The molecule has 0 N–H and O–H groups in total. The topological polar surface area (TPSA) is 3.24 Å². The van der Waals surface area contributed by atoms with Crippen LogP contribution in [0.4, 0.5) is 5.69 Å². The van der Waals surface area contributed by atoms with Crippen molar-refractivity contribution < 1.29 is 0 Å². The molecule has 0 atom stereocenters. The lowest BCUT2D eigenvalue weighted by Crippen LogP contribution is -2.56. The summed E-state index contributed by atoms with van der Waals surface area (Å²) < 4.78 is 1.17. The van der Waals surface area contributed by atoms with Crippen LogP contribution < -0.4 is 4.90 Å². The summed E-state index contributed by atoms with van der Waals surface area (Å²) in [6.45, 7) is 9.27. The third-order valence-electron chi connectivity index (χ3n) is 4.05. The van der Waals surface area contributed by atoms with Gasteiger partial charge in [0.1, 0.15) is 0 Å². The normalized spacial score (nSPS) is 18.4. The molecule has 0 bridgehead atoms.